The minimum atomic E-state index is -0.505. The number of anilines is 2. The standard InChI is InChI=1S/C16H26N4O2/c1-11-6-7-12(18(2)3)8-13(11)17-16(22)20-9-14(19(4)5)15(21)10-20/h6-8,14-15,21H,9-10H2,1-5H3,(H,17,22)/t14-,15-/m0/s1. The van der Waals surface area contributed by atoms with Crippen molar-refractivity contribution in [3.63, 3.8) is 0 Å². The summed E-state index contributed by atoms with van der Waals surface area (Å²) in [7, 11) is 7.77. The summed E-state index contributed by atoms with van der Waals surface area (Å²) in [5, 5.41) is 13.0. The second-order valence-corrected chi connectivity index (χ2v) is 6.33. The number of β-amino-alcohol motifs (C(OH)–C–C–N with tert-alkyl or cyclic N) is 1. The average Bonchev–Trinajstić information content (AvgIpc) is 2.83. The Bertz CT molecular complexity index is 545. The molecule has 0 spiro atoms. The summed E-state index contributed by atoms with van der Waals surface area (Å²) in [5.74, 6) is 0. The van der Waals surface area contributed by atoms with E-state index in [0.29, 0.717) is 13.1 Å². The molecule has 1 saturated heterocycles. The Kier molecular flexibility index (Phi) is 4.93. The zero-order valence-electron chi connectivity index (χ0n) is 14.0. The van der Waals surface area contributed by atoms with E-state index in [2.05, 4.69) is 5.32 Å². The third kappa shape index (κ3) is 3.51. The lowest BCUT2D eigenvalue weighted by Gasteiger charge is -2.22. The fourth-order valence-electron chi connectivity index (χ4n) is 2.66. The molecule has 1 aromatic rings. The molecule has 1 aromatic carbocycles. The highest BCUT2D eigenvalue weighted by atomic mass is 16.3. The van der Waals surface area contributed by atoms with Crippen molar-refractivity contribution in [2.75, 3.05) is 51.5 Å². The van der Waals surface area contributed by atoms with Gasteiger partial charge in [-0.3, -0.25) is 0 Å². The van der Waals surface area contributed by atoms with E-state index in [9.17, 15) is 9.90 Å². The molecule has 0 saturated carbocycles. The molecule has 0 bridgehead atoms. The lowest BCUT2D eigenvalue weighted by molar-refractivity contribution is 0.113. The average molecular weight is 306 g/mol. The molecule has 2 atom stereocenters. The Morgan fingerprint density at radius 2 is 1.95 bits per heavy atom. The number of aliphatic hydroxyl groups is 1. The molecule has 22 heavy (non-hydrogen) atoms. The van der Waals surface area contributed by atoms with E-state index in [1.54, 1.807) is 4.90 Å². The number of likely N-dealkylation sites (tertiary alicyclic amines) is 1. The van der Waals surface area contributed by atoms with Crippen LogP contribution in [0.25, 0.3) is 0 Å². The smallest absolute Gasteiger partial charge is 0.321 e. The summed E-state index contributed by atoms with van der Waals surface area (Å²) in [5.41, 5.74) is 2.86. The fourth-order valence-corrected chi connectivity index (χ4v) is 2.66. The van der Waals surface area contributed by atoms with Crippen LogP contribution in [0.3, 0.4) is 0 Å². The van der Waals surface area contributed by atoms with Gasteiger partial charge in [0.25, 0.3) is 0 Å². The highest BCUT2D eigenvalue weighted by Crippen LogP contribution is 2.23. The maximum atomic E-state index is 12.4. The number of benzene rings is 1. The van der Waals surface area contributed by atoms with Crippen molar-refractivity contribution in [3.05, 3.63) is 23.8 Å². The van der Waals surface area contributed by atoms with E-state index in [-0.39, 0.29) is 12.1 Å². The monoisotopic (exact) mass is 306 g/mol. The van der Waals surface area contributed by atoms with Crippen LogP contribution in [-0.4, -0.2) is 74.4 Å². The van der Waals surface area contributed by atoms with Gasteiger partial charge < -0.3 is 25.1 Å². The minimum absolute atomic E-state index is 0.0139. The highest BCUT2D eigenvalue weighted by molar-refractivity contribution is 5.91. The van der Waals surface area contributed by atoms with Gasteiger partial charge in [-0.05, 0) is 38.7 Å². The van der Waals surface area contributed by atoms with Gasteiger partial charge >= 0.3 is 6.03 Å². The van der Waals surface area contributed by atoms with Crippen LogP contribution in [0.2, 0.25) is 0 Å². The zero-order chi connectivity index (χ0) is 16.4. The summed E-state index contributed by atoms with van der Waals surface area (Å²) >= 11 is 0. The maximum absolute atomic E-state index is 12.4. The maximum Gasteiger partial charge on any atom is 0.321 e. The van der Waals surface area contributed by atoms with Gasteiger partial charge in [-0.25, -0.2) is 4.79 Å². The van der Waals surface area contributed by atoms with Crippen molar-refractivity contribution in [3.8, 4) is 0 Å². The lowest BCUT2D eigenvalue weighted by Crippen LogP contribution is -2.38. The van der Waals surface area contributed by atoms with Crippen LogP contribution in [0.1, 0.15) is 5.56 Å². The molecular formula is C16H26N4O2. The van der Waals surface area contributed by atoms with Crippen molar-refractivity contribution in [2.24, 2.45) is 0 Å². The Morgan fingerprint density at radius 1 is 1.27 bits per heavy atom. The van der Waals surface area contributed by atoms with Crippen molar-refractivity contribution < 1.29 is 9.90 Å². The van der Waals surface area contributed by atoms with Crippen LogP contribution < -0.4 is 10.2 Å². The van der Waals surface area contributed by atoms with Crippen molar-refractivity contribution in [1.82, 2.24) is 9.80 Å². The van der Waals surface area contributed by atoms with E-state index < -0.39 is 6.10 Å². The number of likely N-dealkylation sites (N-methyl/N-ethyl adjacent to an activating group) is 1. The molecule has 0 aromatic heterocycles. The molecule has 6 nitrogen and oxygen atoms in total. The third-order valence-corrected chi connectivity index (χ3v) is 4.19. The second kappa shape index (κ2) is 6.54. The molecule has 0 radical (unpaired) electrons. The van der Waals surface area contributed by atoms with Gasteiger partial charge in [0.1, 0.15) is 0 Å². The van der Waals surface area contributed by atoms with E-state index in [1.807, 2.05) is 63.1 Å². The van der Waals surface area contributed by atoms with E-state index >= 15 is 0 Å². The summed E-state index contributed by atoms with van der Waals surface area (Å²) in [6.07, 6.45) is -0.505. The topological polar surface area (TPSA) is 59.1 Å². The van der Waals surface area contributed by atoms with Gasteiger partial charge in [0.15, 0.2) is 0 Å². The summed E-state index contributed by atoms with van der Waals surface area (Å²) in [4.78, 5) is 18.0. The molecular weight excluding hydrogens is 280 g/mol. The van der Waals surface area contributed by atoms with Crippen LogP contribution in [0.15, 0.2) is 18.2 Å². The van der Waals surface area contributed by atoms with Crippen molar-refractivity contribution in [2.45, 2.75) is 19.1 Å². The number of nitrogens with zero attached hydrogens (tertiary/aromatic N) is 3. The van der Waals surface area contributed by atoms with Gasteiger partial charge in [-0.2, -0.15) is 0 Å². The Labute approximate surface area is 132 Å². The summed E-state index contributed by atoms with van der Waals surface area (Å²) in [6.45, 7) is 2.87. The zero-order valence-corrected chi connectivity index (χ0v) is 14.0. The minimum Gasteiger partial charge on any atom is -0.390 e. The van der Waals surface area contributed by atoms with Crippen LogP contribution in [0.5, 0.6) is 0 Å². The molecule has 6 heteroatoms. The molecule has 1 aliphatic heterocycles. The number of hydrogen-bond donors (Lipinski definition) is 2. The number of aryl methyl sites for hydroxylation is 1. The number of carbonyl (C=O) groups excluding carboxylic acids is 1. The van der Waals surface area contributed by atoms with E-state index in [4.69, 9.17) is 0 Å². The van der Waals surface area contributed by atoms with Crippen LogP contribution in [0, 0.1) is 6.92 Å². The Hall–Kier alpha value is -1.79. The van der Waals surface area contributed by atoms with E-state index in [0.717, 1.165) is 16.9 Å². The highest BCUT2D eigenvalue weighted by Gasteiger charge is 2.35. The SMILES string of the molecule is Cc1ccc(N(C)C)cc1NC(=O)N1C[C@H](O)[C@@H](N(C)C)C1. The van der Waals surface area contributed by atoms with Gasteiger partial charge in [-0.15, -0.1) is 0 Å². The van der Waals surface area contributed by atoms with Crippen LogP contribution in [0.4, 0.5) is 16.2 Å². The van der Waals surface area contributed by atoms with Crippen molar-refractivity contribution >= 4 is 17.4 Å². The summed E-state index contributed by atoms with van der Waals surface area (Å²) < 4.78 is 0. The number of hydrogen-bond acceptors (Lipinski definition) is 4. The number of rotatable bonds is 3. The molecule has 0 unspecified atom stereocenters. The van der Waals surface area contributed by atoms with Gasteiger partial charge in [0.2, 0.25) is 0 Å². The normalized spacial score (nSPS) is 21.3. The predicted molar refractivity (Wildman–Crippen MR) is 89.6 cm³/mol. The largest absolute Gasteiger partial charge is 0.390 e. The number of urea groups is 1. The molecule has 2 rings (SSSR count). The van der Waals surface area contributed by atoms with Crippen molar-refractivity contribution in [1.29, 1.82) is 0 Å². The molecule has 1 fully saturated rings. The molecule has 0 aliphatic carbocycles. The number of nitrogens with one attached hydrogen (secondary N) is 1. The first-order valence-electron chi connectivity index (χ1n) is 7.48. The quantitative estimate of drug-likeness (QED) is 0.881. The molecule has 1 heterocycles. The molecule has 2 N–H and O–H groups in total. The predicted octanol–water partition coefficient (Wildman–Crippen LogP) is 1.20. The van der Waals surface area contributed by atoms with Gasteiger partial charge in [-0.1, -0.05) is 6.07 Å². The molecule has 2 amide bonds. The second-order valence-electron chi connectivity index (χ2n) is 6.33. The Balaban J connectivity index is 2.08. The van der Waals surface area contributed by atoms with Gasteiger partial charge in [0, 0.05) is 32.0 Å². The Morgan fingerprint density at radius 3 is 2.50 bits per heavy atom. The van der Waals surface area contributed by atoms with Crippen LogP contribution >= 0.6 is 0 Å². The first-order chi connectivity index (χ1) is 10.3. The summed E-state index contributed by atoms with van der Waals surface area (Å²) in [6, 6.07) is 5.80. The number of amides is 2. The molecule has 1 aliphatic rings. The van der Waals surface area contributed by atoms with Crippen LogP contribution in [-0.2, 0) is 0 Å². The lowest BCUT2D eigenvalue weighted by atomic mass is 10.1. The first-order valence-corrected chi connectivity index (χ1v) is 7.48. The third-order valence-electron chi connectivity index (χ3n) is 4.19. The number of carbonyl (C=O) groups is 1. The fraction of sp³-hybridized carbons (Fsp3) is 0.562. The number of aliphatic hydroxyl groups excluding tert-OH is 1. The molecule has 122 valence electrons. The first kappa shape index (κ1) is 16.6. The van der Waals surface area contributed by atoms with Gasteiger partial charge in [0.05, 0.1) is 18.7 Å². The van der Waals surface area contributed by atoms with E-state index in [1.165, 1.54) is 0 Å².